The Bertz CT molecular complexity index is 3110. The van der Waals surface area contributed by atoms with Crippen LogP contribution >= 0.6 is 0 Å². The van der Waals surface area contributed by atoms with Crippen molar-refractivity contribution in [3.8, 4) is 55.8 Å². The second-order valence-corrected chi connectivity index (χ2v) is 13.9. The topological polar surface area (TPSA) is 26.3 Å². The minimum absolute atomic E-state index is 0.808. The molecule has 0 spiro atoms. The molecule has 0 atom stereocenters. The summed E-state index contributed by atoms with van der Waals surface area (Å²) in [5, 5.41) is 8.18. The molecule has 0 bridgehead atoms. The predicted molar refractivity (Wildman–Crippen MR) is 226 cm³/mol. The molecule has 2 heterocycles. The van der Waals surface area contributed by atoms with Gasteiger partial charge in [0.15, 0.2) is 0 Å². The van der Waals surface area contributed by atoms with E-state index in [0.717, 1.165) is 66.5 Å². The summed E-state index contributed by atoms with van der Waals surface area (Å²) in [5.74, 6) is 0.845. The third-order valence-corrected chi connectivity index (χ3v) is 10.9. The Morgan fingerprint density at radius 3 is 1.30 bits per heavy atom. The average Bonchev–Trinajstić information content (AvgIpc) is 3.83. The van der Waals surface area contributed by atoms with Gasteiger partial charge in [-0.25, -0.2) is 0 Å². The molecule has 0 amide bonds. The van der Waals surface area contributed by atoms with Crippen LogP contribution in [0.3, 0.4) is 0 Å². The summed E-state index contributed by atoms with van der Waals surface area (Å²) in [6, 6.07) is 68.9. The van der Waals surface area contributed by atoms with Crippen molar-refractivity contribution in [2.24, 2.45) is 0 Å². The van der Waals surface area contributed by atoms with Gasteiger partial charge in [-0.05, 0) is 78.7 Å². The van der Waals surface area contributed by atoms with E-state index in [-0.39, 0.29) is 0 Å². The Kier molecular flexibility index (Phi) is 6.90. The molecule has 2 heteroatoms. The van der Waals surface area contributed by atoms with Crippen LogP contribution < -0.4 is 0 Å². The molecule has 0 N–H and O–H groups in total. The van der Waals surface area contributed by atoms with E-state index in [1.165, 1.54) is 43.8 Å². The lowest BCUT2D eigenvalue weighted by atomic mass is 9.85. The SMILES string of the molecule is c1ccc(-c2oc3ccc4c(oc5cccc(-c6ccc(-c7c8ccccc8c(-c8ccccc8)c8ccccc78)cc6)c54)c3c2-c2ccccc2)cc1. The molecule has 9 aromatic carbocycles. The minimum Gasteiger partial charge on any atom is -0.455 e. The Balaban J connectivity index is 1.10. The third-order valence-electron chi connectivity index (χ3n) is 10.9. The monoisotopic (exact) mass is 688 g/mol. The number of benzene rings is 9. The Morgan fingerprint density at radius 2 is 0.722 bits per heavy atom. The van der Waals surface area contributed by atoms with E-state index in [4.69, 9.17) is 8.83 Å². The molecule has 0 unspecified atom stereocenters. The maximum absolute atomic E-state index is 6.82. The Labute approximate surface area is 312 Å². The normalized spacial score (nSPS) is 11.7. The molecule has 2 nitrogen and oxygen atoms in total. The molecule has 0 radical (unpaired) electrons. The van der Waals surface area contributed by atoms with E-state index in [2.05, 4.69) is 182 Å². The molecule has 0 aliphatic carbocycles. The number of rotatable bonds is 5. The van der Waals surface area contributed by atoms with E-state index < -0.39 is 0 Å². The first-order valence-electron chi connectivity index (χ1n) is 18.4. The highest BCUT2D eigenvalue weighted by atomic mass is 16.3. The van der Waals surface area contributed by atoms with Gasteiger partial charge in [0.2, 0.25) is 0 Å². The highest BCUT2D eigenvalue weighted by Gasteiger charge is 2.24. The van der Waals surface area contributed by atoms with Crippen LogP contribution in [0.25, 0.3) is 110 Å². The van der Waals surface area contributed by atoms with Crippen molar-refractivity contribution in [2.45, 2.75) is 0 Å². The fourth-order valence-electron chi connectivity index (χ4n) is 8.55. The molecule has 0 saturated carbocycles. The van der Waals surface area contributed by atoms with Gasteiger partial charge >= 0.3 is 0 Å². The molecular weight excluding hydrogens is 657 g/mol. The molecular formula is C52H32O2. The fraction of sp³-hybridized carbons (Fsp3) is 0. The van der Waals surface area contributed by atoms with Gasteiger partial charge in [0.05, 0.1) is 5.39 Å². The lowest BCUT2D eigenvalue weighted by Gasteiger charge is -2.18. The predicted octanol–water partition coefficient (Wildman–Crippen LogP) is 15.0. The van der Waals surface area contributed by atoms with Crippen molar-refractivity contribution >= 4 is 54.5 Å². The van der Waals surface area contributed by atoms with Crippen molar-refractivity contribution in [3.63, 3.8) is 0 Å². The summed E-state index contributed by atoms with van der Waals surface area (Å²) in [4.78, 5) is 0. The van der Waals surface area contributed by atoms with E-state index in [9.17, 15) is 0 Å². The third kappa shape index (κ3) is 4.67. The standard InChI is InChI=1S/C52H32O2/c1-4-15-34(16-5-1)46-39-21-10-12-23-41(39)47(42-24-13-11-22-40(42)46)36-29-27-33(28-30-36)38-25-14-26-44-49(38)43-31-32-45-50(52(43)54-44)48(35-17-6-2-7-18-35)51(53-45)37-19-8-3-9-20-37/h1-32H. The summed E-state index contributed by atoms with van der Waals surface area (Å²) in [6.07, 6.45) is 0. The van der Waals surface area contributed by atoms with Crippen LogP contribution in [0.5, 0.6) is 0 Å². The van der Waals surface area contributed by atoms with Crippen molar-refractivity contribution in [2.75, 3.05) is 0 Å². The molecule has 0 fully saturated rings. The number of hydrogen-bond acceptors (Lipinski definition) is 2. The molecule has 252 valence electrons. The molecule has 11 rings (SSSR count). The lowest BCUT2D eigenvalue weighted by molar-refractivity contribution is 0.631. The molecule has 11 aromatic rings. The van der Waals surface area contributed by atoms with Crippen LogP contribution in [0.15, 0.2) is 203 Å². The zero-order valence-electron chi connectivity index (χ0n) is 29.3. The van der Waals surface area contributed by atoms with Crippen molar-refractivity contribution in [1.82, 2.24) is 0 Å². The lowest BCUT2D eigenvalue weighted by Crippen LogP contribution is -1.90. The highest BCUT2D eigenvalue weighted by Crippen LogP contribution is 2.48. The van der Waals surface area contributed by atoms with E-state index in [1.807, 2.05) is 12.1 Å². The molecule has 0 aliphatic heterocycles. The second kappa shape index (κ2) is 12.2. The summed E-state index contributed by atoms with van der Waals surface area (Å²) in [7, 11) is 0. The summed E-state index contributed by atoms with van der Waals surface area (Å²) in [5.41, 5.74) is 12.9. The van der Waals surface area contributed by atoms with Gasteiger partial charge in [-0.2, -0.15) is 0 Å². The zero-order valence-corrected chi connectivity index (χ0v) is 29.3. The maximum atomic E-state index is 6.82. The van der Waals surface area contributed by atoms with Gasteiger partial charge in [0, 0.05) is 21.9 Å². The minimum atomic E-state index is 0.808. The van der Waals surface area contributed by atoms with Gasteiger partial charge in [0.25, 0.3) is 0 Å². The van der Waals surface area contributed by atoms with Crippen LogP contribution in [-0.4, -0.2) is 0 Å². The van der Waals surface area contributed by atoms with Crippen LogP contribution in [0, 0.1) is 0 Å². The first-order valence-corrected chi connectivity index (χ1v) is 18.4. The highest BCUT2D eigenvalue weighted by molar-refractivity contribution is 6.23. The first kappa shape index (κ1) is 30.5. The van der Waals surface area contributed by atoms with Crippen LogP contribution in [0.4, 0.5) is 0 Å². The largest absolute Gasteiger partial charge is 0.455 e. The number of fused-ring (bicyclic) bond motifs is 7. The van der Waals surface area contributed by atoms with Crippen molar-refractivity contribution in [3.05, 3.63) is 194 Å². The molecule has 0 saturated heterocycles. The van der Waals surface area contributed by atoms with Crippen LogP contribution in [0.2, 0.25) is 0 Å². The van der Waals surface area contributed by atoms with E-state index in [0.29, 0.717) is 0 Å². The van der Waals surface area contributed by atoms with Crippen LogP contribution in [-0.2, 0) is 0 Å². The zero-order chi connectivity index (χ0) is 35.6. The Morgan fingerprint density at radius 1 is 0.259 bits per heavy atom. The van der Waals surface area contributed by atoms with Gasteiger partial charge in [-0.15, -0.1) is 0 Å². The van der Waals surface area contributed by atoms with Gasteiger partial charge in [0.1, 0.15) is 22.5 Å². The Hall–Kier alpha value is -7.16. The van der Waals surface area contributed by atoms with Gasteiger partial charge in [-0.1, -0.05) is 176 Å². The van der Waals surface area contributed by atoms with E-state index in [1.54, 1.807) is 0 Å². The number of furan rings is 2. The molecule has 2 aromatic heterocycles. The summed E-state index contributed by atoms with van der Waals surface area (Å²) >= 11 is 0. The average molecular weight is 689 g/mol. The van der Waals surface area contributed by atoms with E-state index >= 15 is 0 Å². The fourth-order valence-corrected chi connectivity index (χ4v) is 8.55. The quantitative estimate of drug-likeness (QED) is 0.168. The van der Waals surface area contributed by atoms with Crippen LogP contribution in [0.1, 0.15) is 0 Å². The smallest absolute Gasteiger partial charge is 0.147 e. The van der Waals surface area contributed by atoms with Crippen molar-refractivity contribution < 1.29 is 8.83 Å². The maximum Gasteiger partial charge on any atom is 0.147 e. The molecule has 0 aliphatic rings. The van der Waals surface area contributed by atoms with Gasteiger partial charge in [-0.3, -0.25) is 0 Å². The summed E-state index contributed by atoms with van der Waals surface area (Å²) in [6.45, 7) is 0. The second-order valence-electron chi connectivity index (χ2n) is 13.9. The first-order chi connectivity index (χ1) is 26.8. The van der Waals surface area contributed by atoms with Gasteiger partial charge < -0.3 is 8.83 Å². The van der Waals surface area contributed by atoms with Crippen molar-refractivity contribution in [1.29, 1.82) is 0 Å². The molecule has 54 heavy (non-hydrogen) atoms. The summed E-state index contributed by atoms with van der Waals surface area (Å²) < 4.78 is 13.5. The number of hydrogen-bond donors (Lipinski definition) is 0.